The Hall–Kier alpha value is -2.95. The van der Waals surface area contributed by atoms with Gasteiger partial charge in [-0.25, -0.2) is 0 Å². The number of anilines is 2. The largest absolute Gasteiger partial charge is 0.360 e. The quantitative estimate of drug-likeness (QED) is 0.567. The van der Waals surface area contributed by atoms with Crippen molar-refractivity contribution in [1.29, 1.82) is 0 Å². The first kappa shape index (κ1) is 18.4. The van der Waals surface area contributed by atoms with Crippen LogP contribution in [0.3, 0.4) is 0 Å². The lowest BCUT2D eigenvalue weighted by molar-refractivity contribution is -0.387. The molecule has 0 aliphatic carbocycles. The molecular formula is C14H13FN4O5S. The molecule has 0 fully saturated rings. The molecule has 0 radical (unpaired) electrons. The van der Waals surface area contributed by atoms with E-state index >= 15 is 0 Å². The highest BCUT2D eigenvalue weighted by Crippen LogP contribution is 2.21. The highest BCUT2D eigenvalue weighted by molar-refractivity contribution is 8.00. The van der Waals surface area contributed by atoms with Gasteiger partial charge in [0.15, 0.2) is 5.82 Å². The standard InChI is InChI=1S/C14H13FN4O5S/c1-8-4-12(18-24-8)17-14(21)7-25-6-13(20)16-9-2-3-10(15)11(5-9)19(22)23/h2-5H,6-7H2,1H3,(H,16,20)(H,17,18,21). The third kappa shape index (κ3) is 5.57. The number of halogens is 1. The topological polar surface area (TPSA) is 127 Å². The van der Waals surface area contributed by atoms with E-state index in [9.17, 15) is 24.1 Å². The van der Waals surface area contributed by atoms with Crippen molar-refractivity contribution in [3.8, 4) is 0 Å². The number of hydrogen-bond donors (Lipinski definition) is 2. The summed E-state index contributed by atoms with van der Waals surface area (Å²) in [4.78, 5) is 33.2. The second-order valence-electron chi connectivity index (χ2n) is 4.84. The van der Waals surface area contributed by atoms with Gasteiger partial charge in [0.25, 0.3) is 0 Å². The first-order valence-corrected chi connectivity index (χ1v) is 8.05. The van der Waals surface area contributed by atoms with E-state index in [4.69, 9.17) is 4.52 Å². The number of amides is 2. The summed E-state index contributed by atoms with van der Waals surface area (Å²) in [7, 11) is 0. The minimum Gasteiger partial charge on any atom is -0.360 e. The summed E-state index contributed by atoms with van der Waals surface area (Å²) in [5.74, 6) is -1.04. The number of carbonyl (C=O) groups is 2. The zero-order valence-electron chi connectivity index (χ0n) is 12.9. The number of thioether (sulfide) groups is 1. The van der Waals surface area contributed by atoms with E-state index in [1.54, 1.807) is 13.0 Å². The molecule has 25 heavy (non-hydrogen) atoms. The molecule has 0 unspecified atom stereocenters. The van der Waals surface area contributed by atoms with Crippen molar-refractivity contribution in [3.63, 3.8) is 0 Å². The number of benzene rings is 1. The molecule has 2 amide bonds. The monoisotopic (exact) mass is 368 g/mol. The van der Waals surface area contributed by atoms with Gasteiger partial charge in [-0.15, -0.1) is 11.8 Å². The molecule has 0 spiro atoms. The lowest BCUT2D eigenvalue weighted by atomic mass is 10.2. The summed E-state index contributed by atoms with van der Waals surface area (Å²) in [5, 5.41) is 19.2. The van der Waals surface area contributed by atoms with Gasteiger partial charge in [0.05, 0.1) is 16.4 Å². The number of rotatable bonds is 7. The van der Waals surface area contributed by atoms with Crippen LogP contribution in [0.5, 0.6) is 0 Å². The van der Waals surface area contributed by atoms with E-state index in [0.717, 1.165) is 23.9 Å². The number of carbonyl (C=O) groups excluding carboxylic acids is 2. The zero-order chi connectivity index (χ0) is 18.4. The van der Waals surface area contributed by atoms with Gasteiger partial charge >= 0.3 is 5.69 Å². The van der Waals surface area contributed by atoms with Crippen LogP contribution in [0.15, 0.2) is 28.8 Å². The van der Waals surface area contributed by atoms with Crippen molar-refractivity contribution in [2.45, 2.75) is 6.92 Å². The van der Waals surface area contributed by atoms with Gasteiger partial charge in [0.2, 0.25) is 17.6 Å². The Kier molecular flexibility index (Phi) is 6.06. The van der Waals surface area contributed by atoms with Crippen LogP contribution in [0.4, 0.5) is 21.6 Å². The summed E-state index contributed by atoms with van der Waals surface area (Å²) in [5.41, 5.74) is -0.631. The second kappa shape index (κ2) is 8.24. The van der Waals surface area contributed by atoms with E-state index in [0.29, 0.717) is 5.76 Å². The molecule has 2 aromatic rings. The van der Waals surface area contributed by atoms with Crippen LogP contribution in [0.2, 0.25) is 0 Å². The van der Waals surface area contributed by atoms with E-state index in [1.165, 1.54) is 6.07 Å². The predicted octanol–water partition coefficient (Wildman–Crippen LogP) is 2.34. The van der Waals surface area contributed by atoms with Crippen LogP contribution in [-0.4, -0.2) is 33.4 Å². The third-order valence-electron chi connectivity index (χ3n) is 2.79. The predicted molar refractivity (Wildman–Crippen MR) is 88.9 cm³/mol. The van der Waals surface area contributed by atoms with Crippen molar-refractivity contribution in [3.05, 3.63) is 46.0 Å². The molecular weight excluding hydrogens is 355 g/mol. The number of aryl methyl sites for hydroxylation is 1. The van der Waals surface area contributed by atoms with Crippen LogP contribution >= 0.6 is 11.8 Å². The van der Waals surface area contributed by atoms with Gasteiger partial charge in [-0.05, 0) is 19.1 Å². The van der Waals surface area contributed by atoms with Gasteiger partial charge in [-0.2, -0.15) is 4.39 Å². The zero-order valence-corrected chi connectivity index (χ0v) is 13.8. The summed E-state index contributed by atoms with van der Waals surface area (Å²) in [6, 6.07) is 4.59. The van der Waals surface area contributed by atoms with Gasteiger partial charge in [0, 0.05) is 17.8 Å². The van der Waals surface area contributed by atoms with Gasteiger partial charge in [-0.3, -0.25) is 19.7 Å². The van der Waals surface area contributed by atoms with Crippen LogP contribution in [0, 0.1) is 22.9 Å². The fraction of sp³-hybridized carbons (Fsp3) is 0.214. The highest BCUT2D eigenvalue weighted by Gasteiger charge is 2.15. The molecule has 0 saturated carbocycles. The maximum Gasteiger partial charge on any atom is 0.306 e. The summed E-state index contributed by atoms with van der Waals surface area (Å²) >= 11 is 1.04. The normalized spacial score (nSPS) is 10.3. The Morgan fingerprint density at radius 1 is 1.28 bits per heavy atom. The van der Waals surface area contributed by atoms with Crippen molar-refractivity contribution in [1.82, 2.24) is 5.16 Å². The van der Waals surface area contributed by atoms with Crippen LogP contribution in [0.25, 0.3) is 0 Å². The second-order valence-corrected chi connectivity index (χ2v) is 5.82. The van der Waals surface area contributed by atoms with Gasteiger partial charge in [0.1, 0.15) is 5.76 Å². The van der Waals surface area contributed by atoms with Crippen molar-refractivity contribution in [2.24, 2.45) is 0 Å². The number of nitrogens with one attached hydrogen (secondary N) is 2. The lowest BCUT2D eigenvalue weighted by Gasteiger charge is -2.05. The number of aromatic nitrogens is 1. The van der Waals surface area contributed by atoms with E-state index in [1.807, 2.05) is 0 Å². The van der Waals surface area contributed by atoms with Crippen molar-refractivity contribution < 1.29 is 23.4 Å². The average molecular weight is 368 g/mol. The molecule has 0 aliphatic rings. The maximum atomic E-state index is 13.2. The Morgan fingerprint density at radius 3 is 2.56 bits per heavy atom. The van der Waals surface area contributed by atoms with Crippen molar-refractivity contribution in [2.75, 3.05) is 22.1 Å². The fourth-order valence-electron chi connectivity index (χ4n) is 1.77. The lowest BCUT2D eigenvalue weighted by Crippen LogP contribution is -2.18. The number of nitro groups is 1. The Morgan fingerprint density at radius 2 is 1.96 bits per heavy atom. The Balaban J connectivity index is 1.78. The molecule has 1 aromatic carbocycles. The van der Waals surface area contributed by atoms with Crippen LogP contribution in [0.1, 0.15) is 5.76 Å². The Labute approximate surface area is 145 Å². The SMILES string of the molecule is Cc1cc(NC(=O)CSCC(=O)Nc2ccc(F)c([N+](=O)[O-])c2)no1. The minimum atomic E-state index is -0.989. The molecule has 9 nitrogen and oxygen atoms in total. The summed E-state index contributed by atoms with van der Waals surface area (Å²) in [6.07, 6.45) is 0. The first-order valence-electron chi connectivity index (χ1n) is 6.90. The third-order valence-corrected chi connectivity index (χ3v) is 3.72. The van der Waals surface area contributed by atoms with Crippen LogP contribution in [-0.2, 0) is 9.59 Å². The molecule has 11 heteroatoms. The van der Waals surface area contributed by atoms with E-state index in [-0.39, 0.29) is 28.9 Å². The molecule has 0 saturated heterocycles. The smallest absolute Gasteiger partial charge is 0.306 e. The number of nitro benzene ring substituents is 1. The first-order chi connectivity index (χ1) is 11.8. The molecule has 0 aliphatic heterocycles. The summed E-state index contributed by atoms with van der Waals surface area (Å²) in [6.45, 7) is 1.68. The molecule has 2 N–H and O–H groups in total. The molecule has 2 rings (SSSR count). The Bertz CT molecular complexity index is 810. The molecule has 0 atom stereocenters. The van der Waals surface area contributed by atoms with Crippen molar-refractivity contribution >= 4 is 40.8 Å². The molecule has 132 valence electrons. The van der Waals surface area contributed by atoms with Gasteiger partial charge in [-0.1, -0.05) is 5.16 Å². The number of nitrogens with zero attached hydrogens (tertiary/aromatic N) is 2. The number of hydrogen-bond acceptors (Lipinski definition) is 7. The highest BCUT2D eigenvalue weighted by atomic mass is 32.2. The van der Waals surface area contributed by atoms with E-state index in [2.05, 4.69) is 15.8 Å². The molecule has 1 heterocycles. The molecule has 1 aromatic heterocycles. The van der Waals surface area contributed by atoms with E-state index < -0.39 is 22.3 Å². The minimum absolute atomic E-state index is 0.00287. The molecule has 0 bridgehead atoms. The maximum absolute atomic E-state index is 13.2. The fourth-order valence-corrected chi connectivity index (χ4v) is 2.39. The average Bonchev–Trinajstić information content (AvgIpc) is 2.93. The van der Waals surface area contributed by atoms with Crippen LogP contribution < -0.4 is 10.6 Å². The summed E-state index contributed by atoms with van der Waals surface area (Å²) < 4.78 is 18.0. The van der Waals surface area contributed by atoms with Gasteiger partial charge < -0.3 is 15.2 Å².